The first-order valence-electron chi connectivity index (χ1n) is 8.56. The maximum atomic E-state index is 11.7. The molecule has 0 saturated heterocycles. The predicted octanol–water partition coefficient (Wildman–Crippen LogP) is 3.62. The summed E-state index contributed by atoms with van der Waals surface area (Å²) in [4.78, 5) is 11.7. The number of benzene rings is 1. The Bertz CT molecular complexity index is 694. The van der Waals surface area contributed by atoms with E-state index >= 15 is 0 Å². The second-order valence-corrected chi connectivity index (χ2v) is 7.06. The number of hydrogen-bond acceptors (Lipinski definition) is 3. The van der Waals surface area contributed by atoms with Crippen molar-refractivity contribution in [2.24, 2.45) is 11.3 Å². The summed E-state index contributed by atoms with van der Waals surface area (Å²) in [5.41, 5.74) is 2.07. The van der Waals surface area contributed by atoms with E-state index in [0.717, 1.165) is 29.9 Å². The summed E-state index contributed by atoms with van der Waals surface area (Å²) in [7, 11) is 0. The molecule has 5 heteroatoms. The van der Waals surface area contributed by atoms with Crippen molar-refractivity contribution in [1.82, 2.24) is 15.8 Å². The third kappa shape index (κ3) is 3.30. The number of rotatable bonds is 5. The molecule has 0 bridgehead atoms. The summed E-state index contributed by atoms with van der Waals surface area (Å²) in [5, 5.41) is 10.1. The van der Waals surface area contributed by atoms with Gasteiger partial charge in [0.2, 0.25) is 0 Å². The number of urea groups is 1. The lowest BCUT2D eigenvalue weighted by Gasteiger charge is -2.52. The molecule has 2 N–H and O–H groups in total. The Morgan fingerprint density at radius 3 is 2.75 bits per heavy atom. The van der Waals surface area contributed by atoms with E-state index in [2.05, 4.69) is 29.6 Å². The molecule has 1 aromatic carbocycles. The molecule has 5 nitrogen and oxygen atoms in total. The number of carbonyl (C=O) groups excluding carboxylic acids is 1. The van der Waals surface area contributed by atoms with Crippen LogP contribution in [0.5, 0.6) is 0 Å². The maximum absolute atomic E-state index is 11.7. The van der Waals surface area contributed by atoms with Crippen LogP contribution in [0.2, 0.25) is 0 Å². The average molecular weight is 327 g/mol. The molecule has 0 aliphatic heterocycles. The number of carbonyl (C=O) groups is 1. The van der Waals surface area contributed by atoms with E-state index in [9.17, 15) is 4.79 Å². The number of amides is 2. The summed E-state index contributed by atoms with van der Waals surface area (Å²) in [6.45, 7) is 6.97. The molecule has 1 heterocycles. The van der Waals surface area contributed by atoms with Gasteiger partial charge in [0.25, 0.3) is 0 Å². The Morgan fingerprint density at radius 2 is 2.08 bits per heavy atom. The van der Waals surface area contributed by atoms with Crippen molar-refractivity contribution in [3.05, 3.63) is 42.1 Å². The van der Waals surface area contributed by atoms with E-state index < -0.39 is 0 Å². The minimum absolute atomic E-state index is 0.0525. The molecule has 2 amide bonds. The minimum atomic E-state index is -0.0816. The molecule has 1 aliphatic carbocycles. The SMILES string of the molecule is CCNC(=O)NC1CC(Cc2cc(-c3ccccc3)on2)C1(C)C. The largest absolute Gasteiger partial charge is 0.356 e. The van der Waals surface area contributed by atoms with Crippen LogP contribution in [0.15, 0.2) is 40.9 Å². The number of nitrogens with one attached hydrogen (secondary N) is 2. The van der Waals surface area contributed by atoms with Crippen LogP contribution in [0.25, 0.3) is 11.3 Å². The first-order valence-corrected chi connectivity index (χ1v) is 8.56. The summed E-state index contributed by atoms with van der Waals surface area (Å²) in [5.74, 6) is 1.29. The zero-order valence-corrected chi connectivity index (χ0v) is 14.5. The fraction of sp³-hybridized carbons (Fsp3) is 0.474. The molecule has 128 valence electrons. The monoisotopic (exact) mass is 327 g/mol. The molecule has 0 radical (unpaired) electrons. The van der Waals surface area contributed by atoms with Gasteiger partial charge in [-0.2, -0.15) is 0 Å². The van der Waals surface area contributed by atoms with Crippen molar-refractivity contribution < 1.29 is 9.32 Å². The lowest BCUT2D eigenvalue weighted by molar-refractivity contribution is 0.0201. The van der Waals surface area contributed by atoms with Crippen LogP contribution in [0.3, 0.4) is 0 Å². The third-order valence-corrected chi connectivity index (χ3v) is 5.19. The van der Waals surface area contributed by atoms with Gasteiger partial charge in [-0.25, -0.2) is 4.79 Å². The van der Waals surface area contributed by atoms with Crippen molar-refractivity contribution in [3.8, 4) is 11.3 Å². The Balaban J connectivity index is 1.60. The van der Waals surface area contributed by atoms with Crippen molar-refractivity contribution in [2.75, 3.05) is 6.54 Å². The minimum Gasteiger partial charge on any atom is -0.356 e. The topological polar surface area (TPSA) is 67.2 Å². The summed E-state index contributed by atoms with van der Waals surface area (Å²) >= 11 is 0. The normalized spacial score (nSPS) is 21.8. The molecular weight excluding hydrogens is 302 g/mol. The molecule has 3 rings (SSSR count). The van der Waals surface area contributed by atoms with Crippen LogP contribution < -0.4 is 10.6 Å². The molecule has 2 atom stereocenters. The van der Waals surface area contributed by atoms with Gasteiger partial charge in [-0.05, 0) is 31.1 Å². The molecule has 1 saturated carbocycles. The van der Waals surface area contributed by atoms with Crippen molar-refractivity contribution >= 4 is 6.03 Å². The van der Waals surface area contributed by atoms with Gasteiger partial charge in [-0.1, -0.05) is 49.3 Å². The van der Waals surface area contributed by atoms with E-state index in [1.807, 2.05) is 43.3 Å². The molecular formula is C19H25N3O2. The highest BCUT2D eigenvalue weighted by atomic mass is 16.5. The van der Waals surface area contributed by atoms with Crippen molar-refractivity contribution in [3.63, 3.8) is 0 Å². The van der Waals surface area contributed by atoms with Gasteiger partial charge in [-0.3, -0.25) is 0 Å². The molecule has 2 aromatic rings. The molecule has 1 aromatic heterocycles. The van der Waals surface area contributed by atoms with Crippen LogP contribution >= 0.6 is 0 Å². The summed E-state index contributed by atoms with van der Waals surface area (Å²) < 4.78 is 5.48. The molecule has 1 fully saturated rings. The molecule has 1 aliphatic rings. The predicted molar refractivity (Wildman–Crippen MR) is 93.5 cm³/mol. The Hall–Kier alpha value is -2.30. The first kappa shape index (κ1) is 16.6. The van der Waals surface area contributed by atoms with Crippen LogP contribution in [0, 0.1) is 11.3 Å². The Labute approximate surface area is 142 Å². The van der Waals surface area contributed by atoms with E-state index in [0.29, 0.717) is 12.5 Å². The van der Waals surface area contributed by atoms with Gasteiger partial charge in [0.05, 0.1) is 5.69 Å². The average Bonchev–Trinajstić information content (AvgIpc) is 3.04. The quantitative estimate of drug-likeness (QED) is 0.881. The fourth-order valence-corrected chi connectivity index (χ4v) is 3.38. The highest BCUT2D eigenvalue weighted by molar-refractivity contribution is 5.74. The lowest BCUT2D eigenvalue weighted by atomic mass is 9.57. The van der Waals surface area contributed by atoms with E-state index in [4.69, 9.17) is 4.52 Å². The van der Waals surface area contributed by atoms with Crippen LogP contribution in [0.4, 0.5) is 4.79 Å². The van der Waals surface area contributed by atoms with Crippen molar-refractivity contribution in [2.45, 2.75) is 39.7 Å². The highest BCUT2D eigenvalue weighted by Gasteiger charge is 2.48. The number of aromatic nitrogens is 1. The molecule has 2 unspecified atom stereocenters. The van der Waals surface area contributed by atoms with Gasteiger partial charge in [0.15, 0.2) is 5.76 Å². The third-order valence-electron chi connectivity index (χ3n) is 5.19. The Morgan fingerprint density at radius 1 is 1.33 bits per heavy atom. The second kappa shape index (κ2) is 6.67. The van der Waals surface area contributed by atoms with Gasteiger partial charge in [-0.15, -0.1) is 0 Å². The fourth-order valence-electron chi connectivity index (χ4n) is 3.38. The number of nitrogens with zero attached hydrogens (tertiary/aromatic N) is 1. The molecule has 0 spiro atoms. The maximum Gasteiger partial charge on any atom is 0.315 e. The molecule has 24 heavy (non-hydrogen) atoms. The van der Waals surface area contributed by atoms with Crippen LogP contribution in [-0.4, -0.2) is 23.8 Å². The number of hydrogen-bond donors (Lipinski definition) is 2. The van der Waals surface area contributed by atoms with Gasteiger partial charge >= 0.3 is 6.03 Å². The smallest absolute Gasteiger partial charge is 0.315 e. The van der Waals surface area contributed by atoms with Crippen molar-refractivity contribution in [1.29, 1.82) is 0 Å². The Kier molecular flexibility index (Phi) is 4.60. The van der Waals surface area contributed by atoms with Gasteiger partial charge in [0, 0.05) is 24.2 Å². The van der Waals surface area contributed by atoms with Gasteiger partial charge < -0.3 is 15.2 Å². The lowest BCUT2D eigenvalue weighted by Crippen LogP contribution is -2.60. The zero-order valence-electron chi connectivity index (χ0n) is 14.5. The van der Waals surface area contributed by atoms with Crippen LogP contribution in [0.1, 0.15) is 32.9 Å². The van der Waals surface area contributed by atoms with E-state index in [-0.39, 0.29) is 17.5 Å². The summed E-state index contributed by atoms with van der Waals surface area (Å²) in [6, 6.07) is 12.1. The van der Waals surface area contributed by atoms with E-state index in [1.165, 1.54) is 0 Å². The highest BCUT2D eigenvalue weighted by Crippen LogP contribution is 2.47. The van der Waals surface area contributed by atoms with Gasteiger partial charge in [0.1, 0.15) is 0 Å². The van der Waals surface area contributed by atoms with E-state index in [1.54, 1.807) is 0 Å². The first-order chi connectivity index (χ1) is 11.5. The zero-order chi connectivity index (χ0) is 17.2. The van der Waals surface area contributed by atoms with Crippen LogP contribution in [-0.2, 0) is 6.42 Å². The second-order valence-electron chi connectivity index (χ2n) is 7.06. The standard InChI is InChI=1S/C19H25N3O2/c1-4-20-18(23)21-17-11-14(19(17,2)3)10-15-12-16(24-22-15)13-8-6-5-7-9-13/h5-9,12,14,17H,4,10-11H2,1-3H3,(H2,20,21,23). The summed E-state index contributed by atoms with van der Waals surface area (Å²) in [6.07, 6.45) is 1.84.